The lowest BCUT2D eigenvalue weighted by Crippen LogP contribution is -2.23. The first-order valence-electron chi connectivity index (χ1n) is 11.4. The fourth-order valence-corrected chi connectivity index (χ4v) is 5.39. The van der Waals surface area contributed by atoms with Gasteiger partial charge in [0.2, 0.25) is 0 Å². The first-order valence-corrected chi connectivity index (χ1v) is 12.6. The van der Waals surface area contributed by atoms with E-state index in [1.165, 1.54) is 17.8 Å². The summed E-state index contributed by atoms with van der Waals surface area (Å²) in [6.07, 6.45) is 5.84. The molecule has 0 atom stereocenters. The van der Waals surface area contributed by atoms with Crippen molar-refractivity contribution in [3.63, 3.8) is 0 Å². The van der Waals surface area contributed by atoms with Gasteiger partial charge in [-0.2, -0.15) is 5.10 Å². The van der Waals surface area contributed by atoms with Gasteiger partial charge in [-0.25, -0.2) is 13.6 Å². The van der Waals surface area contributed by atoms with Crippen molar-refractivity contribution in [1.82, 2.24) is 9.78 Å². The fraction of sp³-hybridized carbons (Fsp3) is 0.385. The van der Waals surface area contributed by atoms with Crippen LogP contribution < -0.4 is 0 Å². The van der Waals surface area contributed by atoms with Crippen molar-refractivity contribution < 1.29 is 23.4 Å². The van der Waals surface area contributed by atoms with Gasteiger partial charge in [-0.15, -0.1) is 11.8 Å². The van der Waals surface area contributed by atoms with Gasteiger partial charge in [0.25, 0.3) is 0 Å². The zero-order valence-electron chi connectivity index (χ0n) is 19.0. The Hall–Kier alpha value is -2.71. The maximum atomic E-state index is 14.9. The second kappa shape index (κ2) is 11.1. The van der Waals surface area contributed by atoms with Gasteiger partial charge in [0.1, 0.15) is 17.3 Å². The number of aromatic nitrogens is 2. The van der Waals surface area contributed by atoms with E-state index < -0.39 is 17.6 Å². The smallest absolute Gasteiger partial charge is 0.329 e. The molecule has 1 aromatic heterocycles. The van der Waals surface area contributed by atoms with Gasteiger partial charge < -0.3 is 9.84 Å². The molecule has 1 aliphatic carbocycles. The molecule has 0 aliphatic heterocycles. The third kappa shape index (κ3) is 5.50. The first kappa shape index (κ1) is 24.4. The van der Waals surface area contributed by atoms with Crippen LogP contribution in [0, 0.1) is 23.5 Å². The Morgan fingerprint density at radius 2 is 1.79 bits per heavy atom. The van der Waals surface area contributed by atoms with Crippen LogP contribution in [0.15, 0.2) is 53.6 Å². The van der Waals surface area contributed by atoms with Crippen molar-refractivity contribution in [2.75, 3.05) is 19.5 Å². The minimum absolute atomic E-state index is 0.216. The van der Waals surface area contributed by atoms with E-state index in [0.717, 1.165) is 42.3 Å². The maximum absolute atomic E-state index is 14.9. The van der Waals surface area contributed by atoms with E-state index in [2.05, 4.69) is 0 Å². The van der Waals surface area contributed by atoms with Crippen LogP contribution in [0.3, 0.4) is 0 Å². The number of carboxylic acid groups (broad SMARTS) is 1. The summed E-state index contributed by atoms with van der Waals surface area (Å²) >= 11 is 1.49. The van der Waals surface area contributed by atoms with Gasteiger partial charge in [0.15, 0.2) is 11.6 Å². The van der Waals surface area contributed by atoms with Crippen molar-refractivity contribution in [3.8, 4) is 22.4 Å². The summed E-state index contributed by atoms with van der Waals surface area (Å²) in [4.78, 5) is 10.6. The quantitative estimate of drug-likeness (QED) is 0.369. The largest absolute Gasteiger partial charge is 0.480 e. The summed E-state index contributed by atoms with van der Waals surface area (Å²) in [6, 6.07) is 13.9. The summed E-state index contributed by atoms with van der Waals surface area (Å²) in [5.74, 6) is -1.92. The van der Waals surface area contributed by atoms with E-state index in [1.54, 1.807) is 6.07 Å². The van der Waals surface area contributed by atoms with Crippen LogP contribution in [-0.2, 0) is 16.1 Å². The van der Waals surface area contributed by atoms with Gasteiger partial charge in [-0.1, -0.05) is 42.5 Å². The van der Waals surface area contributed by atoms with Crippen LogP contribution in [0.2, 0.25) is 0 Å². The minimum atomic E-state index is -0.947. The Bertz CT molecular complexity index is 1130. The summed E-state index contributed by atoms with van der Waals surface area (Å²) in [7, 11) is 0. The molecule has 1 heterocycles. The molecule has 34 heavy (non-hydrogen) atoms. The number of nitrogens with zero attached hydrogens (tertiary/aromatic N) is 2. The topological polar surface area (TPSA) is 64.4 Å². The standard InChI is InChI=1S/C26H28F2N2O3S/c1-34-26-23(20-8-5-9-21(27)24(20)28)25(19-6-3-2-4-7-19)29-30(26)14-17-10-12-18(13-11-17)15-33-16-22(31)32/h2-9,17-18H,10-16H2,1H3,(H,31,32)/t17-,18-. The van der Waals surface area contributed by atoms with Gasteiger partial charge >= 0.3 is 5.97 Å². The van der Waals surface area contributed by atoms with Crippen LogP contribution in [-0.4, -0.2) is 40.3 Å². The Morgan fingerprint density at radius 3 is 2.47 bits per heavy atom. The Kier molecular flexibility index (Phi) is 8.00. The third-order valence-electron chi connectivity index (χ3n) is 6.34. The number of rotatable bonds is 9. The second-order valence-corrected chi connectivity index (χ2v) is 9.47. The van der Waals surface area contributed by atoms with Gasteiger partial charge in [-0.05, 0) is 49.8 Å². The SMILES string of the molecule is CSc1c(-c2cccc(F)c2F)c(-c2ccccc2)nn1C[C@H]1CC[C@H](COCC(=O)O)CC1. The lowest BCUT2D eigenvalue weighted by atomic mass is 9.82. The molecule has 5 nitrogen and oxygen atoms in total. The van der Waals surface area contributed by atoms with Crippen LogP contribution in [0.5, 0.6) is 0 Å². The maximum Gasteiger partial charge on any atom is 0.329 e. The van der Waals surface area contributed by atoms with Crippen LogP contribution in [0.25, 0.3) is 22.4 Å². The molecule has 2 aromatic carbocycles. The molecular formula is C26H28F2N2O3S. The van der Waals surface area contributed by atoms with Crippen molar-refractivity contribution >= 4 is 17.7 Å². The Balaban J connectivity index is 1.60. The van der Waals surface area contributed by atoms with Crippen molar-refractivity contribution in [2.24, 2.45) is 11.8 Å². The van der Waals surface area contributed by atoms with Crippen molar-refractivity contribution in [2.45, 2.75) is 37.3 Å². The number of aliphatic carboxylic acids is 1. The van der Waals surface area contributed by atoms with E-state index in [4.69, 9.17) is 14.9 Å². The number of ether oxygens (including phenoxy) is 1. The highest BCUT2D eigenvalue weighted by molar-refractivity contribution is 7.98. The number of benzene rings is 2. The summed E-state index contributed by atoms with van der Waals surface area (Å²) in [5, 5.41) is 14.5. The molecule has 0 spiro atoms. The molecule has 4 rings (SSSR count). The molecular weight excluding hydrogens is 458 g/mol. The van der Waals surface area contributed by atoms with Crippen molar-refractivity contribution in [1.29, 1.82) is 0 Å². The summed E-state index contributed by atoms with van der Waals surface area (Å²) in [6.45, 7) is 0.902. The molecule has 0 unspecified atom stereocenters. The highest BCUT2D eigenvalue weighted by Gasteiger charge is 2.27. The predicted octanol–water partition coefficient (Wildman–Crippen LogP) is 6.12. The first-order chi connectivity index (χ1) is 16.5. The van der Waals surface area contributed by atoms with E-state index in [9.17, 15) is 13.6 Å². The third-order valence-corrected chi connectivity index (χ3v) is 7.15. The summed E-state index contributed by atoms with van der Waals surface area (Å²) < 4.78 is 36.2. The Morgan fingerprint density at radius 1 is 1.09 bits per heavy atom. The number of thioether (sulfide) groups is 1. The Labute approximate surface area is 202 Å². The lowest BCUT2D eigenvalue weighted by Gasteiger charge is -2.28. The monoisotopic (exact) mass is 486 g/mol. The number of carboxylic acids is 1. The average molecular weight is 487 g/mol. The van der Waals surface area contributed by atoms with Crippen molar-refractivity contribution in [3.05, 3.63) is 60.2 Å². The molecule has 0 bridgehead atoms. The number of hydrogen-bond donors (Lipinski definition) is 1. The zero-order valence-corrected chi connectivity index (χ0v) is 19.9. The number of hydrogen-bond acceptors (Lipinski definition) is 4. The van der Waals surface area contributed by atoms with Gasteiger partial charge in [0, 0.05) is 23.2 Å². The molecule has 0 saturated heterocycles. The van der Waals surface area contributed by atoms with E-state index >= 15 is 0 Å². The lowest BCUT2D eigenvalue weighted by molar-refractivity contribution is -0.142. The highest BCUT2D eigenvalue weighted by atomic mass is 32.2. The molecule has 180 valence electrons. The molecule has 1 N–H and O–H groups in total. The molecule has 3 aromatic rings. The molecule has 1 aliphatic rings. The van der Waals surface area contributed by atoms with Crippen LogP contribution in [0.1, 0.15) is 25.7 Å². The number of carbonyl (C=O) groups is 1. The number of halogens is 2. The summed E-state index contributed by atoms with van der Waals surface area (Å²) in [5.41, 5.74) is 2.33. The molecule has 0 radical (unpaired) electrons. The van der Waals surface area contributed by atoms with Gasteiger partial charge in [0.05, 0.1) is 6.61 Å². The second-order valence-electron chi connectivity index (χ2n) is 8.68. The zero-order chi connectivity index (χ0) is 24.1. The normalized spacial score (nSPS) is 18.2. The molecule has 1 fully saturated rings. The van der Waals surface area contributed by atoms with Crippen LogP contribution in [0.4, 0.5) is 8.78 Å². The molecule has 8 heteroatoms. The van der Waals surface area contributed by atoms with E-state index in [0.29, 0.717) is 36.2 Å². The minimum Gasteiger partial charge on any atom is -0.480 e. The molecule has 0 amide bonds. The predicted molar refractivity (Wildman–Crippen MR) is 129 cm³/mol. The average Bonchev–Trinajstić information content (AvgIpc) is 3.20. The van der Waals surface area contributed by atoms with Crippen LogP contribution >= 0.6 is 11.8 Å². The highest BCUT2D eigenvalue weighted by Crippen LogP contribution is 2.41. The molecule has 1 saturated carbocycles. The van der Waals surface area contributed by atoms with E-state index in [-0.39, 0.29) is 12.2 Å². The van der Waals surface area contributed by atoms with Gasteiger partial charge in [-0.3, -0.25) is 4.68 Å². The fourth-order valence-electron chi connectivity index (χ4n) is 4.65. The van der Waals surface area contributed by atoms with E-state index in [1.807, 2.05) is 41.3 Å².